The van der Waals surface area contributed by atoms with Crippen LogP contribution >= 0.6 is 11.8 Å². The van der Waals surface area contributed by atoms with Gasteiger partial charge in [0.15, 0.2) is 0 Å². The normalized spacial score (nSPS) is 11.6. The van der Waals surface area contributed by atoms with E-state index in [1.54, 1.807) is 0 Å². The monoisotopic (exact) mass is 919 g/mol. The van der Waals surface area contributed by atoms with Crippen molar-refractivity contribution in [2.45, 2.75) is 322 Å². The zero-order valence-corrected chi connectivity index (χ0v) is 45.0. The van der Waals surface area contributed by atoms with E-state index in [1.165, 1.54) is 290 Å². The van der Waals surface area contributed by atoms with Crippen LogP contribution in [0.3, 0.4) is 0 Å². The average Bonchev–Trinajstić information content (AvgIpc) is 3.31. The van der Waals surface area contributed by atoms with E-state index in [9.17, 15) is 10.2 Å². The molecule has 0 radical (unpaired) electrons. The van der Waals surface area contributed by atoms with Gasteiger partial charge in [-0.2, -0.15) is 11.8 Å². The Bertz CT molecular complexity index is 1160. The molecule has 0 bridgehead atoms. The summed E-state index contributed by atoms with van der Waals surface area (Å²) in [5.41, 5.74) is 7.51. The number of phenols is 2. The van der Waals surface area contributed by atoms with Crippen LogP contribution in [0.15, 0.2) is 24.3 Å². The van der Waals surface area contributed by atoms with E-state index < -0.39 is 0 Å². The quantitative estimate of drug-likeness (QED) is 0.0650. The van der Waals surface area contributed by atoms with Gasteiger partial charge in [-0.1, -0.05) is 283 Å². The van der Waals surface area contributed by atoms with Gasteiger partial charge in [-0.25, -0.2) is 0 Å². The summed E-state index contributed by atoms with van der Waals surface area (Å²) in [5.74, 6) is 3.13. The molecule has 0 unspecified atom stereocenters. The minimum atomic E-state index is 0.595. The van der Waals surface area contributed by atoms with Crippen molar-refractivity contribution in [2.75, 3.05) is 0 Å². The first-order valence-electron chi connectivity index (χ1n) is 29.3. The molecule has 376 valence electrons. The van der Waals surface area contributed by atoms with E-state index in [2.05, 4.69) is 52.0 Å². The standard InChI is InChI=1S/C62H110O2S/c1-5-9-13-17-21-25-29-33-37-41-45-57-49-55(50-58(61(57)63)46-42-38-34-30-26-22-18-14-10-6-2)53-65-54-56-51-59(47-43-39-35-31-27-23-19-15-11-7-3)62(64)60(52-56)48-44-40-36-32-28-24-20-16-12-8-4/h49-52,63-64H,5-48,53-54H2,1-4H3. The highest BCUT2D eigenvalue weighted by Crippen LogP contribution is 2.33. The van der Waals surface area contributed by atoms with Crippen LogP contribution in [-0.4, -0.2) is 10.2 Å². The van der Waals surface area contributed by atoms with Crippen LogP contribution < -0.4 is 0 Å². The average molecular weight is 920 g/mol. The predicted molar refractivity (Wildman–Crippen MR) is 293 cm³/mol. The van der Waals surface area contributed by atoms with Crippen molar-refractivity contribution in [3.05, 3.63) is 57.6 Å². The predicted octanol–water partition coefficient (Wildman–Crippen LogP) is 21.4. The van der Waals surface area contributed by atoms with Gasteiger partial charge in [0, 0.05) is 11.5 Å². The molecular weight excluding hydrogens is 809 g/mol. The van der Waals surface area contributed by atoms with Gasteiger partial charge in [0.1, 0.15) is 11.5 Å². The molecular formula is C62H110O2S. The van der Waals surface area contributed by atoms with Gasteiger partial charge in [-0.15, -0.1) is 0 Å². The second-order valence-corrected chi connectivity index (χ2v) is 21.7. The highest BCUT2D eigenvalue weighted by molar-refractivity contribution is 7.97. The van der Waals surface area contributed by atoms with Crippen molar-refractivity contribution in [2.24, 2.45) is 0 Å². The summed E-state index contributed by atoms with van der Waals surface area (Å²) in [6.07, 6.45) is 57.7. The van der Waals surface area contributed by atoms with E-state index in [-0.39, 0.29) is 0 Å². The number of aromatic hydroxyl groups is 2. The van der Waals surface area contributed by atoms with E-state index >= 15 is 0 Å². The lowest BCUT2D eigenvalue weighted by Gasteiger charge is -2.15. The van der Waals surface area contributed by atoms with Gasteiger partial charge in [-0.05, 0) is 84.7 Å². The lowest BCUT2D eigenvalue weighted by molar-refractivity contribution is 0.456. The highest BCUT2D eigenvalue weighted by Gasteiger charge is 2.14. The van der Waals surface area contributed by atoms with Crippen molar-refractivity contribution in [1.29, 1.82) is 0 Å². The molecule has 0 fully saturated rings. The molecule has 3 heteroatoms. The Morgan fingerprint density at radius 1 is 0.262 bits per heavy atom. The fraction of sp³-hybridized carbons (Fsp3) is 0.806. The third-order valence-electron chi connectivity index (χ3n) is 14.4. The van der Waals surface area contributed by atoms with Gasteiger partial charge in [0.2, 0.25) is 0 Å². The molecule has 0 spiro atoms. The Hall–Kier alpha value is -1.61. The summed E-state index contributed by atoms with van der Waals surface area (Å²) in [7, 11) is 0. The van der Waals surface area contributed by atoms with E-state index in [0.717, 1.165) is 37.2 Å². The largest absolute Gasteiger partial charge is 0.507 e. The summed E-state index contributed by atoms with van der Waals surface area (Å²) < 4.78 is 0. The molecule has 2 aromatic carbocycles. The Balaban J connectivity index is 2.04. The van der Waals surface area contributed by atoms with Crippen molar-refractivity contribution >= 4 is 11.8 Å². The maximum atomic E-state index is 11.6. The minimum absolute atomic E-state index is 0.595. The molecule has 2 aromatic rings. The van der Waals surface area contributed by atoms with E-state index in [0.29, 0.717) is 11.5 Å². The molecule has 2 N–H and O–H groups in total. The number of unbranched alkanes of at least 4 members (excludes halogenated alkanes) is 36. The first-order valence-corrected chi connectivity index (χ1v) is 30.4. The first kappa shape index (κ1) is 59.5. The molecule has 0 saturated carbocycles. The number of aryl methyl sites for hydroxylation is 4. The van der Waals surface area contributed by atoms with Crippen molar-refractivity contribution in [3.63, 3.8) is 0 Å². The Morgan fingerprint density at radius 3 is 0.615 bits per heavy atom. The number of rotatable bonds is 48. The highest BCUT2D eigenvalue weighted by atomic mass is 32.2. The SMILES string of the molecule is CCCCCCCCCCCCc1cc(CSCc2cc(CCCCCCCCCCCC)c(O)c(CCCCCCCCCCCC)c2)cc(CCCCCCCCCCCC)c1O. The molecule has 0 atom stereocenters. The van der Waals surface area contributed by atoms with Crippen molar-refractivity contribution < 1.29 is 10.2 Å². The zero-order chi connectivity index (χ0) is 46.7. The Morgan fingerprint density at radius 2 is 0.431 bits per heavy atom. The molecule has 2 nitrogen and oxygen atoms in total. The van der Waals surface area contributed by atoms with Crippen LogP contribution in [0, 0.1) is 0 Å². The number of phenolic OH excluding ortho intramolecular Hbond substituents is 2. The van der Waals surface area contributed by atoms with E-state index in [4.69, 9.17) is 0 Å². The third-order valence-corrected chi connectivity index (χ3v) is 15.5. The maximum Gasteiger partial charge on any atom is 0.121 e. The molecule has 65 heavy (non-hydrogen) atoms. The van der Waals surface area contributed by atoms with Crippen molar-refractivity contribution in [3.8, 4) is 11.5 Å². The molecule has 2 rings (SSSR count). The second-order valence-electron chi connectivity index (χ2n) is 20.7. The van der Waals surface area contributed by atoms with E-state index in [1.807, 2.05) is 11.8 Å². The zero-order valence-electron chi connectivity index (χ0n) is 44.1. The summed E-state index contributed by atoms with van der Waals surface area (Å²) in [4.78, 5) is 0. The van der Waals surface area contributed by atoms with Gasteiger partial charge in [0.25, 0.3) is 0 Å². The molecule has 0 aliphatic rings. The van der Waals surface area contributed by atoms with Crippen LogP contribution in [-0.2, 0) is 37.2 Å². The summed E-state index contributed by atoms with van der Waals surface area (Å²) in [5, 5.41) is 23.2. The van der Waals surface area contributed by atoms with Gasteiger partial charge < -0.3 is 10.2 Å². The number of thioether (sulfide) groups is 1. The van der Waals surface area contributed by atoms with Crippen LogP contribution in [0.1, 0.15) is 318 Å². The fourth-order valence-corrected chi connectivity index (χ4v) is 11.0. The number of benzene rings is 2. The summed E-state index contributed by atoms with van der Waals surface area (Å²) in [6, 6.07) is 9.40. The van der Waals surface area contributed by atoms with Crippen LogP contribution in [0.5, 0.6) is 11.5 Å². The maximum absolute atomic E-state index is 11.6. The molecule has 0 aliphatic carbocycles. The molecule has 0 aliphatic heterocycles. The van der Waals surface area contributed by atoms with Crippen LogP contribution in [0.4, 0.5) is 0 Å². The Kier molecular flexibility index (Phi) is 40.0. The molecule has 0 aromatic heterocycles. The lowest BCUT2D eigenvalue weighted by Crippen LogP contribution is -1.98. The summed E-state index contributed by atoms with van der Waals surface area (Å²) >= 11 is 2.02. The third kappa shape index (κ3) is 31.9. The number of hydrogen-bond acceptors (Lipinski definition) is 3. The van der Waals surface area contributed by atoms with Gasteiger partial charge >= 0.3 is 0 Å². The molecule has 0 amide bonds. The topological polar surface area (TPSA) is 40.5 Å². The smallest absolute Gasteiger partial charge is 0.121 e. The van der Waals surface area contributed by atoms with Gasteiger partial charge in [0.05, 0.1) is 0 Å². The summed E-state index contributed by atoms with van der Waals surface area (Å²) in [6.45, 7) is 9.20. The van der Waals surface area contributed by atoms with Gasteiger partial charge in [-0.3, -0.25) is 0 Å². The second kappa shape index (κ2) is 43.7. The minimum Gasteiger partial charge on any atom is -0.507 e. The van der Waals surface area contributed by atoms with Crippen LogP contribution in [0.2, 0.25) is 0 Å². The Labute approximate surface area is 410 Å². The first-order chi connectivity index (χ1) is 32.0. The molecule has 0 heterocycles. The lowest BCUT2D eigenvalue weighted by atomic mass is 9.96. The number of hydrogen-bond donors (Lipinski definition) is 2. The van der Waals surface area contributed by atoms with Crippen LogP contribution in [0.25, 0.3) is 0 Å². The fourth-order valence-electron chi connectivity index (χ4n) is 10.1. The molecule has 0 saturated heterocycles. The van der Waals surface area contributed by atoms with Crippen molar-refractivity contribution in [1.82, 2.24) is 0 Å².